The Morgan fingerprint density at radius 1 is 1.37 bits per heavy atom. The van der Waals surface area contributed by atoms with Gasteiger partial charge in [-0.2, -0.15) is 0 Å². The van der Waals surface area contributed by atoms with Crippen molar-refractivity contribution in [2.45, 2.75) is 45.3 Å². The van der Waals surface area contributed by atoms with Crippen molar-refractivity contribution in [2.24, 2.45) is 0 Å². The second kappa shape index (κ2) is 6.92. The Balaban J connectivity index is 1.83. The Morgan fingerprint density at radius 3 is 2.95 bits per heavy atom. The van der Waals surface area contributed by atoms with Crippen molar-refractivity contribution < 1.29 is 9.47 Å². The number of hydrogen-bond donors (Lipinski definition) is 1. The molecule has 0 radical (unpaired) electrons. The van der Waals surface area contributed by atoms with Gasteiger partial charge in [0.2, 0.25) is 0 Å². The van der Waals surface area contributed by atoms with Gasteiger partial charge in [-0.3, -0.25) is 0 Å². The molecular formula is C16H25NO2. The average Bonchev–Trinajstić information content (AvgIpc) is 2.86. The van der Waals surface area contributed by atoms with Crippen LogP contribution in [0.2, 0.25) is 0 Å². The van der Waals surface area contributed by atoms with E-state index in [0.717, 1.165) is 38.2 Å². The lowest BCUT2D eigenvalue weighted by molar-refractivity contribution is 0.0611. The SMILES string of the molecule is CNC(CCc1ccc2c(c1)CCO2)COC(C)C. The van der Waals surface area contributed by atoms with Crippen LogP contribution >= 0.6 is 0 Å². The first-order chi connectivity index (χ1) is 9.19. The minimum Gasteiger partial charge on any atom is -0.493 e. The van der Waals surface area contributed by atoms with Crippen LogP contribution in [0.25, 0.3) is 0 Å². The van der Waals surface area contributed by atoms with Crippen LogP contribution in [0.3, 0.4) is 0 Å². The predicted octanol–water partition coefficient (Wildman–Crippen LogP) is 2.57. The van der Waals surface area contributed by atoms with Gasteiger partial charge in [0.25, 0.3) is 0 Å². The molecule has 0 bridgehead atoms. The molecule has 0 amide bonds. The van der Waals surface area contributed by atoms with Gasteiger partial charge in [-0.05, 0) is 50.9 Å². The number of ether oxygens (including phenoxy) is 2. The molecule has 0 fully saturated rings. The molecule has 3 heteroatoms. The maximum atomic E-state index is 5.67. The number of fused-ring (bicyclic) bond motifs is 1. The van der Waals surface area contributed by atoms with Crippen molar-refractivity contribution in [1.29, 1.82) is 0 Å². The zero-order valence-corrected chi connectivity index (χ0v) is 12.2. The molecule has 1 N–H and O–H groups in total. The normalized spacial score (nSPS) is 15.4. The Hall–Kier alpha value is -1.06. The number of benzene rings is 1. The molecule has 0 aliphatic carbocycles. The zero-order valence-electron chi connectivity index (χ0n) is 12.2. The monoisotopic (exact) mass is 263 g/mol. The van der Waals surface area contributed by atoms with E-state index < -0.39 is 0 Å². The molecule has 0 saturated heterocycles. The maximum absolute atomic E-state index is 5.67. The summed E-state index contributed by atoms with van der Waals surface area (Å²) in [7, 11) is 2.00. The second-order valence-electron chi connectivity index (χ2n) is 5.45. The second-order valence-corrected chi connectivity index (χ2v) is 5.45. The first kappa shape index (κ1) is 14.4. The third kappa shape index (κ3) is 4.22. The van der Waals surface area contributed by atoms with E-state index in [0.29, 0.717) is 12.1 Å². The molecule has 0 spiro atoms. The fourth-order valence-corrected chi connectivity index (χ4v) is 2.36. The van der Waals surface area contributed by atoms with Crippen LogP contribution in [0, 0.1) is 0 Å². The molecule has 1 aromatic rings. The molecule has 3 nitrogen and oxygen atoms in total. The van der Waals surface area contributed by atoms with Gasteiger partial charge in [0.15, 0.2) is 0 Å². The Kier molecular flexibility index (Phi) is 5.23. The van der Waals surface area contributed by atoms with E-state index in [1.54, 1.807) is 0 Å². The van der Waals surface area contributed by atoms with Crippen molar-refractivity contribution in [2.75, 3.05) is 20.3 Å². The van der Waals surface area contributed by atoms with Crippen LogP contribution in [0.5, 0.6) is 5.75 Å². The first-order valence-electron chi connectivity index (χ1n) is 7.22. The van der Waals surface area contributed by atoms with Gasteiger partial charge in [-0.25, -0.2) is 0 Å². The van der Waals surface area contributed by atoms with Gasteiger partial charge >= 0.3 is 0 Å². The molecule has 19 heavy (non-hydrogen) atoms. The van der Waals surface area contributed by atoms with Gasteiger partial charge in [0.05, 0.1) is 19.3 Å². The van der Waals surface area contributed by atoms with Crippen LogP contribution < -0.4 is 10.1 Å². The van der Waals surface area contributed by atoms with Crippen LogP contribution in [-0.2, 0) is 17.6 Å². The lowest BCUT2D eigenvalue weighted by Crippen LogP contribution is -2.32. The number of aryl methyl sites for hydroxylation is 1. The molecular weight excluding hydrogens is 238 g/mol. The first-order valence-corrected chi connectivity index (χ1v) is 7.22. The topological polar surface area (TPSA) is 30.5 Å². The smallest absolute Gasteiger partial charge is 0.122 e. The molecule has 0 saturated carbocycles. The zero-order chi connectivity index (χ0) is 13.7. The van der Waals surface area contributed by atoms with E-state index in [-0.39, 0.29) is 0 Å². The van der Waals surface area contributed by atoms with E-state index in [2.05, 4.69) is 37.4 Å². The summed E-state index contributed by atoms with van der Waals surface area (Å²) >= 11 is 0. The number of nitrogens with one attached hydrogen (secondary N) is 1. The van der Waals surface area contributed by atoms with Crippen LogP contribution in [0.1, 0.15) is 31.4 Å². The summed E-state index contributed by atoms with van der Waals surface area (Å²) in [4.78, 5) is 0. The molecule has 1 unspecified atom stereocenters. The summed E-state index contributed by atoms with van der Waals surface area (Å²) in [6.45, 7) is 5.77. The minimum absolute atomic E-state index is 0.299. The molecule has 1 aromatic carbocycles. The summed E-state index contributed by atoms with van der Waals surface area (Å²) < 4.78 is 11.2. The van der Waals surface area contributed by atoms with E-state index in [1.807, 2.05) is 7.05 Å². The van der Waals surface area contributed by atoms with Crippen molar-refractivity contribution in [3.63, 3.8) is 0 Å². The standard InChI is InChI=1S/C16H25NO2/c1-12(2)19-11-15(17-3)6-4-13-5-7-16-14(10-13)8-9-18-16/h5,7,10,12,15,17H,4,6,8-9,11H2,1-3H3. The van der Waals surface area contributed by atoms with Gasteiger partial charge < -0.3 is 14.8 Å². The molecule has 106 valence electrons. The quantitative estimate of drug-likeness (QED) is 0.820. The Labute approximate surface area is 116 Å². The van der Waals surface area contributed by atoms with Crippen molar-refractivity contribution in [3.8, 4) is 5.75 Å². The molecule has 1 heterocycles. The Bertz CT molecular complexity index is 404. The molecule has 2 rings (SSSR count). The largest absolute Gasteiger partial charge is 0.493 e. The van der Waals surface area contributed by atoms with E-state index in [4.69, 9.17) is 9.47 Å². The van der Waals surface area contributed by atoms with E-state index in [9.17, 15) is 0 Å². The average molecular weight is 263 g/mol. The fraction of sp³-hybridized carbons (Fsp3) is 0.625. The molecule has 1 aliphatic heterocycles. The lowest BCUT2D eigenvalue weighted by atomic mass is 10.0. The highest BCUT2D eigenvalue weighted by molar-refractivity contribution is 5.39. The Morgan fingerprint density at radius 2 is 2.21 bits per heavy atom. The summed E-state index contributed by atoms with van der Waals surface area (Å²) in [6, 6.07) is 7.00. The summed E-state index contributed by atoms with van der Waals surface area (Å²) in [5.41, 5.74) is 2.76. The van der Waals surface area contributed by atoms with Crippen molar-refractivity contribution in [3.05, 3.63) is 29.3 Å². The highest BCUT2D eigenvalue weighted by Crippen LogP contribution is 2.26. The fourth-order valence-electron chi connectivity index (χ4n) is 2.36. The maximum Gasteiger partial charge on any atom is 0.122 e. The van der Waals surface area contributed by atoms with Gasteiger partial charge in [-0.15, -0.1) is 0 Å². The molecule has 1 atom stereocenters. The number of rotatable bonds is 7. The summed E-state index contributed by atoms with van der Waals surface area (Å²) in [5, 5.41) is 3.33. The van der Waals surface area contributed by atoms with Gasteiger partial charge in [0, 0.05) is 12.5 Å². The molecule has 1 aliphatic rings. The minimum atomic E-state index is 0.299. The summed E-state index contributed by atoms with van der Waals surface area (Å²) in [5.74, 6) is 1.07. The number of likely N-dealkylation sites (N-methyl/N-ethyl adjacent to an activating group) is 1. The molecule has 0 aromatic heterocycles. The van der Waals surface area contributed by atoms with Gasteiger partial charge in [-0.1, -0.05) is 12.1 Å². The van der Waals surface area contributed by atoms with E-state index >= 15 is 0 Å². The number of hydrogen-bond acceptors (Lipinski definition) is 3. The van der Waals surface area contributed by atoms with Crippen LogP contribution in [0.4, 0.5) is 0 Å². The predicted molar refractivity (Wildman–Crippen MR) is 77.9 cm³/mol. The van der Waals surface area contributed by atoms with Crippen LogP contribution in [-0.4, -0.2) is 32.4 Å². The summed E-state index contributed by atoms with van der Waals surface area (Å²) in [6.07, 6.45) is 3.53. The third-order valence-electron chi connectivity index (χ3n) is 3.57. The third-order valence-corrected chi connectivity index (χ3v) is 3.57. The van der Waals surface area contributed by atoms with Crippen molar-refractivity contribution >= 4 is 0 Å². The highest BCUT2D eigenvalue weighted by Gasteiger charge is 2.13. The van der Waals surface area contributed by atoms with Crippen molar-refractivity contribution in [1.82, 2.24) is 5.32 Å². The van der Waals surface area contributed by atoms with E-state index in [1.165, 1.54) is 11.1 Å². The highest BCUT2D eigenvalue weighted by atomic mass is 16.5. The van der Waals surface area contributed by atoms with Crippen LogP contribution in [0.15, 0.2) is 18.2 Å². The lowest BCUT2D eigenvalue weighted by Gasteiger charge is -2.18. The van der Waals surface area contributed by atoms with Gasteiger partial charge in [0.1, 0.15) is 5.75 Å².